The van der Waals surface area contributed by atoms with Crippen LogP contribution in [-0.4, -0.2) is 11.3 Å². The van der Waals surface area contributed by atoms with Crippen molar-refractivity contribution in [2.45, 2.75) is 4.90 Å². The summed E-state index contributed by atoms with van der Waals surface area (Å²) < 4.78 is 20.9. The Morgan fingerprint density at radius 1 is 1.56 bits per heavy atom. The Kier molecular flexibility index (Phi) is 1.09. The molecular weight excluding hydrogens is 132 g/mol. The Labute approximate surface area is 62.9 Å². The first kappa shape index (κ1) is 3.52. The van der Waals surface area contributed by atoms with E-state index in [9.17, 15) is 5.11 Å². The average molecular weight is 143 g/mol. The number of hydrogen-bond donors (Lipinski definition) is 1. The number of aromatic hydroxyl groups is 1. The van der Waals surface area contributed by atoms with E-state index in [4.69, 9.17) is 4.11 Å². The quantitative estimate of drug-likeness (QED) is 0.608. The van der Waals surface area contributed by atoms with Gasteiger partial charge < -0.3 is 5.11 Å². The summed E-state index contributed by atoms with van der Waals surface area (Å²) >= 11 is 0.677. The Bertz CT molecular complexity index is 272. The summed E-state index contributed by atoms with van der Waals surface area (Å²) in [6.45, 7) is 0. The highest BCUT2D eigenvalue weighted by atomic mass is 32.2. The molecule has 0 bridgehead atoms. The first-order valence-electron chi connectivity index (χ1n) is 3.96. The van der Waals surface area contributed by atoms with E-state index in [1.54, 1.807) is 18.2 Å². The Balaban J connectivity index is 2.83. The van der Waals surface area contributed by atoms with Crippen molar-refractivity contribution in [2.75, 3.05) is 6.18 Å². The van der Waals surface area contributed by atoms with E-state index in [2.05, 4.69) is 0 Å². The van der Waals surface area contributed by atoms with E-state index in [0.29, 0.717) is 16.7 Å². The molecule has 0 saturated heterocycles. The van der Waals surface area contributed by atoms with Crippen molar-refractivity contribution in [3.63, 3.8) is 0 Å². The van der Waals surface area contributed by atoms with Crippen LogP contribution in [0.4, 0.5) is 0 Å². The minimum Gasteiger partial charge on any atom is -0.507 e. The zero-order valence-electron chi connectivity index (χ0n) is 7.66. The standard InChI is InChI=1S/C7H8OS/c1-9-7-5-3-2-4-6(7)8/h2-5,8H,1H3/i1D3. The molecule has 0 saturated carbocycles. The van der Waals surface area contributed by atoms with Crippen LogP contribution in [-0.2, 0) is 0 Å². The predicted molar refractivity (Wildman–Crippen MR) is 39.9 cm³/mol. The van der Waals surface area contributed by atoms with Crippen LogP contribution in [0.5, 0.6) is 5.75 Å². The van der Waals surface area contributed by atoms with Gasteiger partial charge in [0.15, 0.2) is 0 Å². The van der Waals surface area contributed by atoms with Crippen LogP contribution < -0.4 is 0 Å². The average Bonchev–Trinajstić information content (AvgIpc) is 1.91. The van der Waals surface area contributed by atoms with Gasteiger partial charge in [0.25, 0.3) is 0 Å². The van der Waals surface area contributed by atoms with Gasteiger partial charge in [-0.3, -0.25) is 0 Å². The zero-order valence-corrected chi connectivity index (χ0v) is 5.48. The molecule has 0 aromatic heterocycles. The first-order valence-corrected chi connectivity index (χ1v) is 3.28. The summed E-state index contributed by atoms with van der Waals surface area (Å²) in [5.74, 6) is 0.0126. The van der Waals surface area contributed by atoms with Crippen LogP contribution >= 0.6 is 11.8 Å². The van der Waals surface area contributed by atoms with Crippen LogP contribution in [0.3, 0.4) is 0 Å². The fraction of sp³-hybridized carbons (Fsp3) is 0.143. The lowest BCUT2D eigenvalue weighted by Crippen LogP contribution is -1.68. The van der Waals surface area contributed by atoms with Crippen molar-refractivity contribution in [2.24, 2.45) is 0 Å². The molecule has 0 radical (unpaired) electrons. The molecule has 1 aromatic rings. The predicted octanol–water partition coefficient (Wildman–Crippen LogP) is 2.11. The maximum Gasteiger partial charge on any atom is 0.129 e. The van der Waals surface area contributed by atoms with Crippen molar-refractivity contribution < 1.29 is 9.22 Å². The third-order valence-electron chi connectivity index (χ3n) is 0.975. The maximum atomic E-state index is 9.20. The largest absolute Gasteiger partial charge is 0.507 e. The molecule has 1 nitrogen and oxygen atoms in total. The van der Waals surface area contributed by atoms with E-state index >= 15 is 0 Å². The summed E-state index contributed by atoms with van der Waals surface area (Å²) in [5.41, 5.74) is 0. The van der Waals surface area contributed by atoms with Crippen molar-refractivity contribution in [1.29, 1.82) is 0 Å². The van der Waals surface area contributed by atoms with Gasteiger partial charge in [-0.25, -0.2) is 0 Å². The zero-order chi connectivity index (χ0) is 9.19. The third-order valence-corrected chi connectivity index (χ3v) is 1.54. The number of phenolic OH excluding ortho intramolecular Hbond substituents is 1. The molecule has 9 heavy (non-hydrogen) atoms. The summed E-state index contributed by atoms with van der Waals surface area (Å²) in [6, 6.07) is 6.38. The number of benzene rings is 1. The van der Waals surface area contributed by atoms with Crippen LogP contribution in [0.15, 0.2) is 29.2 Å². The topological polar surface area (TPSA) is 20.2 Å². The Morgan fingerprint density at radius 3 is 3.00 bits per heavy atom. The highest BCUT2D eigenvalue weighted by Gasteiger charge is 1.93. The van der Waals surface area contributed by atoms with Gasteiger partial charge in [0.1, 0.15) is 5.75 Å². The number of rotatable bonds is 1. The molecule has 0 aliphatic heterocycles. The maximum absolute atomic E-state index is 9.20. The van der Waals surface area contributed by atoms with Crippen molar-refractivity contribution in [3.8, 4) is 5.75 Å². The number of para-hydroxylation sites is 1. The van der Waals surface area contributed by atoms with Gasteiger partial charge in [0.2, 0.25) is 0 Å². The van der Waals surface area contributed by atoms with E-state index < -0.39 is 6.18 Å². The van der Waals surface area contributed by atoms with E-state index in [0.717, 1.165) is 0 Å². The second-order valence-electron chi connectivity index (χ2n) is 1.57. The number of phenols is 1. The summed E-state index contributed by atoms with van der Waals surface area (Å²) in [6.07, 6.45) is -2.10. The third kappa shape index (κ3) is 1.39. The molecule has 1 aromatic carbocycles. The van der Waals surface area contributed by atoms with Gasteiger partial charge in [-0.15, -0.1) is 11.8 Å². The second kappa shape index (κ2) is 2.78. The molecular formula is C7H8OS. The molecule has 1 N–H and O–H groups in total. The molecule has 0 aliphatic rings. The fourth-order valence-corrected chi connectivity index (χ4v) is 0.863. The van der Waals surface area contributed by atoms with Gasteiger partial charge in [-0.05, 0) is 18.3 Å². The molecule has 0 spiro atoms. The summed E-state index contributed by atoms with van der Waals surface area (Å²) in [5, 5.41) is 9.20. The van der Waals surface area contributed by atoms with Crippen molar-refractivity contribution in [1.82, 2.24) is 0 Å². The van der Waals surface area contributed by atoms with Gasteiger partial charge in [0, 0.05) is 9.01 Å². The van der Waals surface area contributed by atoms with Crippen molar-refractivity contribution in [3.05, 3.63) is 24.3 Å². The lowest BCUT2D eigenvalue weighted by Gasteiger charge is -1.96. The van der Waals surface area contributed by atoms with E-state index in [1.165, 1.54) is 6.07 Å². The molecule has 0 heterocycles. The molecule has 0 unspecified atom stereocenters. The lowest BCUT2D eigenvalue weighted by atomic mass is 10.3. The Morgan fingerprint density at radius 2 is 2.33 bits per heavy atom. The smallest absolute Gasteiger partial charge is 0.129 e. The molecule has 48 valence electrons. The van der Waals surface area contributed by atoms with Gasteiger partial charge in [-0.1, -0.05) is 12.1 Å². The molecule has 0 fully saturated rings. The first-order chi connectivity index (χ1) is 5.49. The van der Waals surface area contributed by atoms with Crippen LogP contribution in [0.25, 0.3) is 0 Å². The normalized spacial score (nSPS) is 15.8. The molecule has 0 atom stereocenters. The van der Waals surface area contributed by atoms with E-state index in [1.807, 2.05) is 0 Å². The highest BCUT2D eigenvalue weighted by Crippen LogP contribution is 2.24. The molecule has 0 aliphatic carbocycles. The Hall–Kier alpha value is -0.630. The highest BCUT2D eigenvalue weighted by molar-refractivity contribution is 7.98. The number of hydrogen-bond acceptors (Lipinski definition) is 2. The summed E-state index contributed by atoms with van der Waals surface area (Å²) in [4.78, 5) is 0.387. The lowest BCUT2D eigenvalue weighted by molar-refractivity contribution is 0.462. The molecule has 0 amide bonds. The van der Waals surface area contributed by atoms with Crippen molar-refractivity contribution >= 4 is 11.8 Å². The monoisotopic (exact) mass is 143 g/mol. The van der Waals surface area contributed by atoms with Gasteiger partial charge >= 0.3 is 0 Å². The van der Waals surface area contributed by atoms with Gasteiger partial charge in [0.05, 0.1) is 0 Å². The SMILES string of the molecule is [2H]C([2H])([2H])Sc1ccccc1O. The van der Waals surface area contributed by atoms with Crippen LogP contribution in [0.1, 0.15) is 4.11 Å². The van der Waals surface area contributed by atoms with Gasteiger partial charge in [-0.2, -0.15) is 0 Å². The summed E-state index contributed by atoms with van der Waals surface area (Å²) in [7, 11) is 0. The second-order valence-corrected chi connectivity index (χ2v) is 2.21. The molecule has 1 rings (SSSR count). The number of thioether (sulfide) groups is 1. The molecule has 2 heteroatoms. The van der Waals surface area contributed by atoms with E-state index in [-0.39, 0.29) is 5.75 Å². The van der Waals surface area contributed by atoms with Crippen LogP contribution in [0, 0.1) is 0 Å². The fourth-order valence-electron chi connectivity index (χ4n) is 0.543. The minimum atomic E-state index is -2.10. The minimum absolute atomic E-state index is 0.0126. The van der Waals surface area contributed by atoms with Crippen LogP contribution in [0.2, 0.25) is 0 Å².